The molecule has 1 amide bonds. The van der Waals surface area contributed by atoms with Crippen LogP contribution in [0.4, 0.5) is 5.13 Å². The molecule has 2 N–H and O–H groups in total. The molecule has 0 spiro atoms. The summed E-state index contributed by atoms with van der Waals surface area (Å²) in [6.45, 7) is 0. The van der Waals surface area contributed by atoms with Gasteiger partial charge < -0.3 is 9.63 Å². The summed E-state index contributed by atoms with van der Waals surface area (Å²) in [7, 11) is 0. The van der Waals surface area contributed by atoms with E-state index in [2.05, 4.69) is 20.0 Å². The van der Waals surface area contributed by atoms with Gasteiger partial charge in [0.2, 0.25) is 5.76 Å². The molecule has 0 atom stereocenters. The lowest BCUT2D eigenvalue weighted by molar-refractivity contribution is -0.131. The van der Waals surface area contributed by atoms with Gasteiger partial charge in [-0.3, -0.25) is 10.1 Å². The molecule has 2 aromatic heterocycles. The highest BCUT2D eigenvalue weighted by Gasteiger charge is 2.11. The smallest absolute Gasteiger partial charge is 0.328 e. The SMILES string of the molecule is O=C(O)/C=C/c1cnc(NC(=O)c2ccno2)s1. The van der Waals surface area contributed by atoms with Gasteiger partial charge in [0, 0.05) is 23.2 Å². The minimum absolute atomic E-state index is 0.0767. The Bertz CT molecular complexity index is 588. The predicted octanol–water partition coefficient (Wildman–Crippen LogP) is 1.48. The number of carboxylic acids is 1. The fraction of sp³-hybridized carbons (Fsp3) is 0. The van der Waals surface area contributed by atoms with Crippen LogP contribution in [0.15, 0.2) is 29.1 Å². The lowest BCUT2D eigenvalue weighted by atomic mass is 10.4. The van der Waals surface area contributed by atoms with Crippen molar-refractivity contribution in [3.05, 3.63) is 35.2 Å². The third-order valence-electron chi connectivity index (χ3n) is 1.80. The third-order valence-corrected chi connectivity index (χ3v) is 2.67. The van der Waals surface area contributed by atoms with Gasteiger partial charge in [-0.15, -0.1) is 0 Å². The van der Waals surface area contributed by atoms with Crippen LogP contribution in [-0.2, 0) is 4.79 Å². The van der Waals surface area contributed by atoms with Crippen molar-refractivity contribution in [2.75, 3.05) is 5.32 Å². The number of hydrogen-bond acceptors (Lipinski definition) is 6. The molecule has 8 heteroatoms. The molecule has 0 bridgehead atoms. The molecular formula is C10H7N3O4S. The number of amides is 1. The second-order valence-electron chi connectivity index (χ2n) is 3.07. The fourth-order valence-corrected chi connectivity index (χ4v) is 1.78. The van der Waals surface area contributed by atoms with E-state index in [1.54, 1.807) is 0 Å². The molecule has 0 saturated heterocycles. The first kappa shape index (κ1) is 12.0. The van der Waals surface area contributed by atoms with E-state index in [9.17, 15) is 9.59 Å². The van der Waals surface area contributed by atoms with Crippen molar-refractivity contribution < 1.29 is 19.2 Å². The first-order chi connectivity index (χ1) is 8.65. The van der Waals surface area contributed by atoms with Gasteiger partial charge in [0.05, 0.1) is 6.20 Å². The molecule has 92 valence electrons. The van der Waals surface area contributed by atoms with Crippen LogP contribution in [0.3, 0.4) is 0 Å². The molecule has 0 aliphatic heterocycles. The summed E-state index contributed by atoms with van der Waals surface area (Å²) in [6.07, 6.45) is 5.21. The monoisotopic (exact) mass is 265 g/mol. The number of aromatic nitrogens is 2. The molecule has 2 aromatic rings. The van der Waals surface area contributed by atoms with Gasteiger partial charge in [-0.05, 0) is 6.08 Å². The number of anilines is 1. The first-order valence-corrected chi connectivity index (χ1v) is 5.55. The Kier molecular flexibility index (Phi) is 3.49. The normalized spacial score (nSPS) is 10.7. The Balaban J connectivity index is 2.03. The number of carbonyl (C=O) groups is 2. The van der Waals surface area contributed by atoms with Crippen LogP contribution >= 0.6 is 11.3 Å². The molecule has 7 nitrogen and oxygen atoms in total. The average molecular weight is 265 g/mol. The number of carboxylic acid groups (broad SMARTS) is 1. The van der Waals surface area contributed by atoms with Crippen LogP contribution in [-0.4, -0.2) is 27.1 Å². The summed E-state index contributed by atoms with van der Waals surface area (Å²) in [5.74, 6) is -1.43. The molecule has 0 saturated carbocycles. The molecule has 0 aromatic carbocycles. The summed E-state index contributed by atoms with van der Waals surface area (Å²) in [6, 6.07) is 1.42. The van der Waals surface area contributed by atoms with Gasteiger partial charge >= 0.3 is 5.97 Å². The number of carbonyl (C=O) groups excluding carboxylic acids is 1. The summed E-state index contributed by atoms with van der Waals surface area (Å²) >= 11 is 1.15. The van der Waals surface area contributed by atoms with Crippen LogP contribution in [0.1, 0.15) is 15.4 Å². The first-order valence-electron chi connectivity index (χ1n) is 4.74. The van der Waals surface area contributed by atoms with Crippen LogP contribution in [0, 0.1) is 0 Å². The van der Waals surface area contributed by atoms with Crippen LogP contribution in [0.2, 0.25) is 0 Å². The van der Waals surface area contributed by atoms with Crippen molar-refractivity contribution >= 4 is 34.4 Å². The maximum atomic E-state index is 11.6. The van der Waals surface area contributed by atoms with Crippen molar-refractivity contribution in [1.29, 1.82) is 0 Å². The Morgan fingerprint density at radius 1 is 1.50 bits per heavy atom. The molecule has 18 heavy (non-hydrogen) atoms. The van der Waals surface area contributed by atoms with E-state index in [0.29, 0.717) is 10.0 Å². The molecular weight excluding hydrogens is 258 g/mol. The lowest BCUT2D eigenvalue weighted by Gasteiger charge is -1.95. The van der Waals surface area contributed by atoms with Crippen molar-refractivity contribution in [1.82, 2.24) is 10.1 Å². The highest BCUT2D eigenvalue weighted by molar-refractivity contribution is 7.16. The zero-order chi connectivity index (χ0) is 13.0. The molecule has 0 aliphatic rings. The molecule has 0 fully saturated rings. The fourth-order valence-electron chi connectivity index (χ4n) is 1.07. The molecule has 2 heterocycles. The van der Waals surface area contributed by atoms with Crippen molar-refractivity contribution in [2.45, 2.75) is 0 Å². The zero-order valence-electron chi connectivity index (χ0n) is 8.86. The number of nitrogens with zero attached hydrogens (tertiary/aromatic N) is 2. The summed E-state index contributed by atoms with van der Waals surface area (Å²) < 4.78 is 4.68. The van der Waals surface area contributed by atoms with Gasteiger partial charge in [-0.25, -0.2) is 9.78 Å². The average Bonchev–Trinajstić information content (AvgIpc) is 2.97. The predicted molar refractivity (Wildman–Crippen MR) is 63.2 cm³/mol. The highest BCUT2D eigenvalue weighted by Crippen LogP contribution is 2.19. The van der Waals surface area contributed by atoms with Gasteiger partial charge in [0.15, 0.2) is 5.13 Å². The van der Waals surface area contributed by atoms with Gasteiger partial charge in [0.25, 0.3) is 5.91 Å². The van der Waals surface area contributed by atoms with Crippen molar-refractivity contribution in [3.8, 4) is 0 Å². The van der Waals surface area contributed by atoms with Crippen LogP contribution < -0.4 is 5.32 Å². The quantitative estimate of drug-likeness (QED) is 0.811. The van der Waals surface area contributed by atoms with Crippen LogP contribution in [0.5, 0.6) is 0 Å². The van der Waals surface area contributed by atoms with E-state index >= 15 is 0 Å². The summed E-state index contributed by atoms with van der Waals surface area (Å²) in [5.41, 5.74) is 0. The van der Waals surface area contributed by atoms with Gasteiger partial charge in [0.1, 0.15) is 0 Å². The topological polar surface area (TPSA) is 105 Å². The second kappa shape index (κ2) is 5.23. The van der Waals surface area contributed by atoms with Crippen LogP contribution in [0.25, 0.3) is 6.08 Å². The molecule has 0 radical (unpaired) electrons. The number of thiazole rings is 1. The Morgan fingerprint density at radius 2 is 2.33 bits per heavy atom. The Hall–Kier alpha value is -2.48. The maximum absolute atomic E-state index is 11.6. The van der Waals surface area contributed by atoms with Gasteiger partial charge in [-0.1, -0.05) is 16.5 Å². The van der Waals surface area contributed by atoms with Crippen molar-refractivity contribution in [3.63, 3.8) is 0 Å². The minimum atomic E-state index is -1.05. The number of nitrogens with one attached hydrogen (secondary N) is 1. The van der Waals surface area contributed by atoms with E-state index in [-0.39, 0.29) is 5.76 Å². The minimum Gasteiger partial charge on any atom is -0.478 e. The summed E-state index contributed by atoms with van der Waals surface area (Å²) in [5, 5.41) is 14.7. The standard InChI is InChI=1S/C10H7N3O4S/c14-8(15)2-1-6-5-11-10(18-6)13-9(16)7-3-4-12-17-7/h1-5H,(H,14,15)(H,11,13,16)/b2-1+. The van der Waals surface area contributed by atoms with Crippen molar-refractivity contribution in [2.24, 2.45) is 0 Å². The Morgan fingerprint density at radius 3 is 3.00 bits per heavy atom. The van der Waals surface area contributed by atoms with E-state index < -0.39 is 11.9 Å². The molecule has 2 rings (SSSR count). The summed E-state index contributed by atoms with van der Waals surface area (Å²) in [4.78, 5) is 26.4. The van der Waals surface area contributed by atoms with E-state index in [4.69, 9.17) is 5.11 Å². The lowest BCUT2D eigenvalue weighted by Crippen LogP contribution is -2.10. The largest absolute Gasteiger partial charge is 0.478 e. The van der Waals surface area contributed by atoms with E-state index in [1.165, 1.54) is 24.5 Å². The Labute approximate surface area is 105 Å². The number of aliphatic carboxylic acids is 1. The number of rotatable bonds is 4. The molecule has 0 aliphatic carbocycles. The highest BCUT2D eigenvalue weighted by atomic mass is 32.1. The van der Waals surface area contributed by atoms with Gasteiger partial charge in [-0.2, -0.15) is 0 Å². The molecule has 0 unspecified atom stereocenters. The third kappa shape index (κ3) is 3.01. The van der Waals surface area contributed by atoms with E-state index in [0.717, 1.165) is 17.4 Å². The second-order valence-corrected chi connectivity index (χ2v) is 4.13. The maximum Gasteiger partial charge on any atom is 0.328 e. The zero-order valence-corrected chi connectivity index (χ0v) is 9.68. The number of hydrogen-bond donors (Lipinski definition) is 2. The van der Waals surface area contributed by atoms with E-state index in [1.807, 2.05) is 0 Å².